The Morgan fingerprint density at radius 1 is 1.20 bits per heavy atom. The van der Waals surface area contributed by atoms with Crippen LogP contribution in [-0.2, 0) is 28.7 Å². The number of fused-ring (bicyclic) bond motifs is 2. The number of rotatable bonds is 3. The smallest absolute Gasteiger partial charge is 0.325 e. The monoisotopic (exact) mass is 413 g/mol. The molecule has 1 amide bonds. The Kier molecular flexibility index (Phi) is 3.50. The lowest BCUT2D eigenvalue weighted by Crippen LogP contribution is -2.74. The van der Waals surface area contributed by atoms with Crippen molar-refractivity contribution in [3.8, 4) is 0 Å². The Morgan fingerprint density at radius 3 is 2.63 bits per heavy atom. The van der Waals surface area contributed by atoms with E-state index in [9.17, 15) is 19.2 Å². The zero-order valence-corrected chi connectivity index (χ0v) is 17.5. The molecule has 0 radical (unpaired) electrons. The molecule has 5 aliphatic carbocycles. The van der Waals surface area contributed by atoms with Crippen LogP contribution in [0.5, 0.6) is 0 Å². The highest BCUT2D eigenvalue weighted by atomic mass is 16.5. The highest BCUT2D eigenvalue weighted by Gasteiger charge is 2.83. The standard InChI is InChI=1S/C23H27NO6/c1-4-24-19-11-9-15-22(20(24)27,21(28)30-3)6-5-16(26)23(15,19)13-7-12-14(25)8-10(11)17(13)18(12)29-2/h5-6,10-13,15,17-19H,4,7-9H2,1-3H3/t10?,11-,12+,13-,15-,17?,18+,19+,22?,23-/m1/s1. The molecular formula is C23H27NO6. The summed E-state index contributed by atoms with van der Waals surface area (Å²) in [7, 11) is 2.97. The molecule has 0 aromatic carbocycles. The summed E-state index contributed by atoms with van der Waals surface area (Å²) >= 11 is 0. The third-order valence-corrected chi connectivity index (χ3v) is 9.80. The minimum absolute atomic E-state index is 0.0174. The number of likely N-dealkylation sites (tertiary alicyclic amines) is 1. The zero-order chi connectivity index (χ0) is 21.2. The first-order valence-corrected chi connectivity index (χ1v) is 11.1. The van der Waals surface area contributed by atoms with Crippen molar-refractivity contribution in [1.29, 1.82) is 0 Å². The molecule has 160 valence electrons. The molecule has 1 spiro atoms. The number of ketones is 2. The molecule has 7 nitrogen and oxygen atoms in total. The Bertz CT molecular complexity index is 927. The average Bonchev–Trinajstić information content (AvgIpc) is 3.20. The van der Waals surface area contributed by atoms with Crippen molar-refractivity contribution in [2.75, 3.05) is 20.8 Å². The van der Waals surface area contributed by atoms with Gasteiger partial charge in [-0.2, -0.15) is 0 Å². The maximum atomic E-state index is 13.8. The number of carbonyl (C=O) groups is 4. The normalized spacial score (nSPS) is 52.1. The van der Waals surface area contributed by atoms with E-state index in [0.29, 0.717) is 25.8 Å². The minimum atomic E-state index is -1.44. The molecule has 7 bridgehead atoms. The maximum Gasteiger partial charge on any atom is 0.325 e. The third kappa shape index (κ3) is 1.62. The minimum Gasteiger partial charge on any atom is -0.468 e. The number of carbonyl (C=O) groups excluding carboxylic acids is 4. The van der Waals surface area contributed by atoms with Crippen molar-refractivity contribution in [1.82, 2.24) is 4.90 Å². The number of nitrogens with zero attached hydrogens (tertiary/aromatic N) is 1. The Balaban J connectivity index is 1.64. The van der Waals surface area contributed by atoms with E-state index in [-0.39, 0.29) is 59.2 Å². The summed E-state index contributed by atoms with van der Waals surface area (Å²) in [6.45, 7) is 2.34. The van der Waals surface area contributed by atoms with Crippen molar-refractivity contribution in [2.24, 2.45) is 46.3 Å². The summed E-state index contributed by atoms with van der Waals surface area (Å²) < 4.78 is 11.0. The number of Topliss-reactive ketones (excluding diaryl/α,β-unsaturated/α-hetero) is 1. The summed E-state index contributed by atoms with van der Waals surface area (Å²) in [6, 6.07) is -0.247. The van der Waals surface area contributed by atoms with E-state index in [0.717, 1.165) is 0 Å². The van der Waals surface area contributed by atoms with Gasteiger partial charge in [-0.25, -0.2) is 0 Å². The third-order valence-electron chi connectivity index (χ3n) is 9.80. The molecular weight excluding hydrogens is 386 g/mol. The van der Waals surface area contributed by atoms with Crippen molar-refractivity contribution < 1.29 is 28.7 Å². The molecule has 1 aliphatic heterocycles. The van der Waals surface area contributed by atoms with E-state index >= 15 is 0 Å². The second-order valence-electron chi connectivity index (χ2n) is 10.0. The van der Waals surface area contributed by atoms with Gasteiger partial charge >= 0.3 is 5.97 Å². The van der Waals surface area contributed by atoms with Crippen LogP contribution in [-0.4, -0.2) is 61.3 Å². The second kappa shape index (κ2) is 5.61. The molecule has 3 unspecified atom stereocenters. The fourth-order valence-corrected chi connectivity index (χ4v) is 9.16. The van der Waals surface area contributed by atoms with Gasteiger partial charge in [0.25, 0.3) is 0 Å². The molecule has 0 aromatic heterocycles. The lowest BCUT2D eigenvalue weighted by atomic mass is 9.46. The molecule has 0 N–H and O–H groups in total. The van der Waals surface area contributed by atoms with Crippen LogP contribution >= 0.6 is 0 Å². The van der Waals surface area contributed by atoms with Crippen molar-refractivity contribution in [2.45, 2.75) is 38.3 Å². The first-order chi connectivity index (χ1) is 14.4. The van der Waals surface area contributed by atoms with Crippen LogP contribution < -0.4 is 0 Å². The van der Waals surface area contributed by atoms with Crippen LogP contribution in [0.15, 0.2) is 12.2 Å². The van der Waals surface area contributed by atoms with Gasteiger partial charge in [0.05, 0.1) is 18.6 Å². The number of allylic oxidation sites excluding steroid dienone is 1. The van der Waals surface area contributed by atoms with Crippen LogP contribution in [0.4, 0.5) is 0 Å². The van der Waals surface area contributed by atoms with Crippen molar-refractivity contribution in [3.63, 3.8) is 0 Å². The Morgan fingerprint density at radius 2 is 1.97 bits per heavy atom. The number of ether oxygens (including phenoxy) is 2. The molecule has 30 heavy (non-hydrogen) atoms. The predicted molar refractivity (Wildman–Crippen MR) is 103 cm³/mol. The van der Waals surface area contributed by atoms with Gasteiger partial charge in [-0.1, -0.05) is 6.08 Å². The maximum absolute atomic E-state index is 13.8. The first-order valence-electron chi connectivity index (χ1n) is 11.1. The molecule has 4 saturated carbocycles. The van der Waals surface area contributed by atoms with E-state index < -0.39 is 22.7 Å². The summed E-state index contributed by atoms with van der Waals surface area (Å²) in [5.74, 6) is -0.955. The van der Waals surface area contributed by atoms with Crippen molar-refractivity contribution >= 4 is 23.4 Å². The zero-order valence-electron chi connectivity index (χ0n) is 17.5. The second-order valence-corrected chi connectivity index (χ2v) is 10.0. The van der Waals surface area contributed by atoms with Crippen molar-refractivity contribution in [3.05, 3.63) is 12.2 Å². The van der Waals surface area contributed by atoms with E-state index in [4.69, 9.17) is 9.47 Å². The number of hydrogen-bond donors (Lipinski definition) is 0. The number of amides is 1. The lowest BCUT2D eigenvalue weighted by Gasteiger charge is -2.62. The molecule has 5 fully saturated rings. The molecule has 6 aliphatic rings. The number of methoxy groups -OCH3 is 2. The van der Waals surface area contributed by atoms with Crippen LogP contribution in [0.2, 0.25) is 0 Å². The summed E-state index contributed by atoms with van der Waals surface area (Å²) in [5, 5.41) is 0. The fourth-order valence-electron chi connectivity index (χ4n) is 9.16. The summed E-state index contributed by atoms with van der Waals surface area (Å²) in [4.78, 5) is 55.4. The largest absolute Gasteiger partial charge is 0.468 e. The average molecular weight is 413 g/mol. The van der Waals surface area contributed by atoms with Crippen LogP contribution in [0.3, 0.4) is 0 Å². The topological polar surface area (TPSA) is 90.0 Å². The van der Waals surface area contributed by atoms with Gasteiger partial charge < -0.3 is 14.4 Å². The van der Waals surface area contributed by atoms with Gasteiger partial charge in [0.1, 0.15) is 5.78 Å². The first kappa shape index (κ1) is 18.7. The summed E-state index contributed by atoms with van der Waals surface area (Å²) in [5.41, 5.74) is -2.26. The van der Waals surface area contributed by atoms with Gasteiger partial charge in [0.2, 0.25) is 5.91 Å². The van der Waals surface area contributed by atoms with E-state index in [1.54, 1.807) is 12.0 Å². The highest BCUT2D eigenvalue weighted by Crippen LogP contribution is 2.76. The molecule has 7 heteroatoms. The SMILES string of the molecule is CCN1C(=O)C2(C(=O)OC)C=CC(=O)[C@@]34[C@@H]5C[C@H]6C(=O)CC(C5[C@H]6OC)[C@@H](C[C@H]23)[C@H]14. The number of piperidine rings is 1. The van der Waals surface area contributed by atoms with Crippen LogP contribution in [0.1, 0.15) is 26.2 Å². The lowest BCUT2D eigenvalue weighted by molar-refractivity contribution is -0.193. The van der Waals surface area contributed by atoms with Crippen LogP contribution in [0, 0.1) is 46.3 Å². The Labute approximate surface area is 175 Å². The summed E-state index contributed by atoms with van der Waals surface area (Å²) in [6.07, 6.45) is 4.54. The van der Waals surface area contributed by atoms with Gasteiger partial charge in [0.15, 0.2) is 11.2 Å². The molecule has 6 rings (SSSR count). The molecule has 1 heterocycles. The Hall–Kier alpha value is -2.02. The molecule has 1 saturated heterocycles. The fraction of sp³-hybridized carbons (Fsp3) is 0.739. The molecule has 10 atom stereocenters. The predicted octanol–water partition coefficient (Wildman–Crippen LogP) is 1.01. The van der Waals surface area contributed by atoms with Gasteiger partial charge in [-0.05, 0) is 49.5 Å². The van der Waals surface area contributed by atoms with Crippen LogP contribution in [0.25, 0.3) is 0 Å². The van der Waals surface area contributed by atoms with E-state index in [1.807, 2.05) is 6.92 Å². The number of hydrogen-bond acceptors (Lipinski definition) is 6. The van der Waals surface area contributed by atoms with Gasteiger partial charge in [-0.15, -0.1) is 0 Å². The van der Waals surface area contributed by atoms with E-state index in [2.05, 4.69) is 0 Å². The van der Waals surface area contributed by atoms with Gasteiger partial charge in [0, 0.05) is 38.0 Å². The quantitative estimate of drug-likeness (QED) is 0.507. The van der Waals surface area contributed by atoms with Gasteiger partial charge in [-0.3, -0.25) is 19.2 Å². The van der Waals surface area contributed by atoms with E-state index in [1.165, 1.54) is 19.3 Å². The number of esters is 1. The molecule has 0 aromatic rings. The highest BCUT2D eigenvalue weighted by molar-refractivity contribution is 6.12.